The molecule has 3 heterocycles. The zero-order valence-corrected chi connectivity index (χ0v) is 17.4. The summed E-state index contributed by atoms with van der Waals surface area (Å²) < 4.78 is 41.7. The van der Waals surface area contributed by atoms with Crippen LogP contribution < -0.4 is 5.32 Å². The first-order valence-corrected chi connectivity index (χ1v) is 10.8. The lowest BCUT2D eigenvalue weighted by Gasteiger charge is -2.34. The normalized spacial score (nSPS) is 21.0. The molecule has 1 saturated carbocycles. The zero-order chi connectivity index (χ0) is 21.5. The molecule has 0 spiro atoms. The maximum absolute atomic E-state index is 13.9. The number of hydrogen-bond donors (Lipinski definition) is 2. The molecule has 0 aromatic carbocycles. The number of aromatic nitrogens is 3. The number of hydrogen-bond acceptors (Lipinski definition) is 4. The number of piperidine rings is 1. The number of aromatic amines is 1. The molecule has 2 fully saturated rings. The number of rotatable bonds is 4. The van der Waals surface area contributed by atoms with Crippen molar-refractivity contribution in [2.75, 3.05) is 18.4 Å². The summed E-state index contributed by atoms with van der Waals surface area (Å²) in [5, 5.41) is 9.61. The number of H-pyrrole nitrogens is 1. The highest BCUT2D eigenvalue weighted by molar-refractivity contribution is 5.91. The molecule has 2 N–H and O–H groups in total. The number of likely N-dealkylation sites (tertiary alicyclic amines) is 1. The number of carbonyl (C=O) groups excluding carboxylic acids is 1. The molecule has 1 aliphatic carbocycles. The van der Waals surface area contributed by atoms with Gasteiger partial charge in [-0.3, -0.25) is 9.89 Å². The number of anilines is 1. The van der Waals surface area contributed by atoms with Crippen molar-refractivity contribution in [2.24, 2.45) is 5.92 Å². The number of amides is 1. The van der Waals surface area contributed by atoms with Crippen molar-refractivity contribution in [3.63, 3.8) is 0 Å². The predicted octanol–water partition coefficient (Wildman–Crippen LogP) is 4.69. The minimum Gasteiger partial charge on any atom is -0.366 e. The van der Waals surface area contributed by atoms with Crippen molar-refractivity contribution < 1.29 is 18.0 Å². The van der Waals surface area contributed by atoms with E-state index in [9.17, 15) is 18.0 Å². The highest BCUT2D eigenvalue weighted by Crippen LogP contribution is 2.40. The van der Waals surface area contributed by atoms with Gasteiger partial charge in [-0.1, -0.05) is 12.8 Å². The van der Waals surface area contributed by atoms with Gasteiger partial charge in [-0.15, -0.1) is 0 Å². The Kier molecular flexibility index (Phi) is 5.63. The fourth-order valence-electron chi connectivity index (χ4n) is 4.71. The lowest BCUT2D eigenvalue weighted by molar-refractivity contribution is -0.137. The van der Waals surface area contributed by atoms with Crippen LogP contribution in [0.2, 0.25) is 0 Å². The minimum absolute atomic E-state index is 0.0327. The summed E-state index contributed by atoms with van der Waals surface area (Å²) in [6.45, 7) is 4.78. The summed E-state index contributed by atoms with van der Waals surface area (Å²) in [6, 6.07) is 1.09. The summed E-state index contributed by atoms with van der Waals surface area (Å²) >= 11 is 0. The van der Waals surface area contributed by atoms with Gasteiger partial charge in [0.2, 0.25) is 5.91 Å². The van der Waals surface area contributed by atoms with E-state index in [-0.39, 0.29) is 40.6 Å². The smallest absolute Gasteiger partial charge is 0.366 e. The summed E-state index contributed by atoms with van der Waals surface area (Å²) in [7, 11) is 0. The Hall–Kier alpha value is -2.32. The van der Waals surface area contributed by atoms with Crippen LogP contribution in [0.25, 0.3) is 11.0 Å². The first kappa shape index (κ1) is 20.9. The molecule has 0 radical (unpaired) electrons. The lowest BCUT2D eigenvalue weighted by atomic mass is 9.91. The van der Waals surface area contributed by atoms with E-state index in [1.807, 2.05) is 18.7 Å². The third-order valence-corrected chi connectivity index (χ3v) is 6.14. The third kappa shape index (κ3) is 4.11. The van der Waals surface area contributed by atoms with E-state index in [1.54, 1.807) is 0 Å². The van der Waals surface area contributed by atoms with Crippen LogP contribution in [-0.2, 0) is 11.0 Å². The Morgan fingerprint density at radius 3 is 2.63 bits per heavy atom. The van der Waals surface area contributed by atoms with Crippen LogP contribution >= 0.6 is 0 Å². The molecule has 1 atom stereocenters. The number of pyridine rings is 1. The minimum atomic E-state index is -4.53. The van der Waals surface area contributed by atoms with Crippen LogP contribution in [0.4, 0.5) is 19.0 Å². The van der Waals surface area contributed by atoms with Crippen LogP contribution in [0.15, 0.2) is 6.07 Å². The van der Waals surface area contributed by atoms with Crippen LogP contribution in [0.5, 0.6) is 0 Å². The van der Waals surface area contributed by atoms with Crippen molar-refractivity contribution in [2.45, 2.75) is 70.5 Å². The van der Waals surface area contributed by atoms with E-state index in [0.717, 1.165) is 44.6 Å². The maximum Gasteiger partial charge on any atom is 0.417 e. The van der Waals surface area contributed by atoms with E-state index >= 15 is 0 Å². The van der Waals surface area contributed by atoms with Crippen LogP contribution in [0.1, 0.15) is 69.5 Å². The molecule has 9 heteroatoms. The summed E-state index contributed by atoms with van der Waals surface area (Å²) in [4.78, 5) is 19.2. The standard InChI is InChI=1S/C21H28F3N5O/c1-12(2)25-18-17-15(21(22,23)24)10-16(26-19(17)28-27-18)14-8-5-9-29(11-14)20(30)13-6-3-4-7-13/h10,12-14H,3-9,11H2,1-2H3,(H2,25,26,27,28). The van der Waals surface area contributed by atoms with E-state index < -0.39 is 11.7 Å². The van der Waals surface area contributed by atoms with Crippen LogP contribution in [0.3, 0.4) is 0 Å². The molecule has 1 aliphatic heterocycles. The fraction of sp³-hybridized carbons (Fsp3) is 0.667. The Balaban J connectivity index is 1.66. The first-order chi connectivity index (χ1) is 14.2. The van der Waals surface area contributed by atoms with Gasteiger partial charge >= 0.3 is 6.18 Å². The van der Waals surface area contributed by atoms with E-state index in [0.29, 0.717) is 18.8 Å². The summed E-state index contributed by atoms with van der Waals surface area (Å²) in [5.74, 6) is 0.175. The summed E-state index contributed by atoms with van der Waals surface area (Å²) in [6.07, 6.45) is 0.954. The first-order valence-electron chi connectivity index (χ1n) is 10.8. The van der Waals surface area contributed by atoms with Gasteiger partial charge in [0, 0.05) is 36.7 Å². The molecular weight excluding hydrogens is 395 g/mol. The number of nitrogens with zero attached hydrogens (tertiary/aromatic N) is 3. The van der Waals surface area contributed by atoms with Gasteiger partial charge in [0.25, 0.3) is 0 Å². The second-order valence-corrected chi connectivity index (χ2v) is 8.79. The average Bonchev–Trinajstić information content (AvgIpc) is 3.36. The highest BCUT2D eigenvalue weighted by atomic mass is 19.4. The van der Waals surface area contributed by atoms with Gasteiger partial charge in [0.05, 0.1) is 10.9 Å². The summed E-state index contributed by atoms with van der Waals surface area (Å²) in [5.41, 5.74) is -0.237. The van der Waals surface area contributed by atoms with Gasteiger partial charge in [-0.2, -0.15) is 18.3 Å². The van der Waals surface area contributed by atoms with Gasteiger partial charge in [-0.25, -0.2) is 4.98 Å². The van der Waals surface area contributed by atoms with Crippen molar-refractivity contribution in [3.8, 4) is 0 Å². The Labute approximate surface area is 173 Å². The van der Waals surface area contributed by atoms with E-state index in [4.69, 9.17) is 0 Å². The third-order valence-electron chi connectivity index (χ3n) is 6.14. The molecule has 30 heavy (non-hydrogen) atoms. The van der Waals surface area contributed by atoms with Gasteiger partial charge in [0.1, 0.15) is 0 Å². The molecule has 2 aromatic heterocycles. The number of halogens is 3. The average molecular weight is 423 g/mol. The SMILES string of the molecule is CC(C)Nc1n[nH]c2nc(C3CCCN(C(=O)C4CCCC4)C3)cc(C(F)(F)F)c12. The highest BCUT2D eigenvalue weighted by Gasteiger charge is 2.37. The zero-order valence-electron chi connectivity index (χ0n) is 17.4. The van der Waals surface area contributed by atoms with E-state index in [1.165, 1.54) is 0 Å². The van der Waals surface area contributed by atoms with E-state index in [2.05, 4.69) is 20.5 Å². The van der Waals surface area contributed by atoms with Gasteiger partial charge in [-0.05, 0) is 45.6 Å². The molecule has 164 valence electrons. The van der Waals surface area contributed by atoms with Crippen molar-refractivity contribution in [1.29, 1.82) is 0 Å². The molecule has 4 rings (SSSR count). The Bertz CT molecular complexity index is 917. The number of carbonyl (C=O) groups is 1. The van der Waals surface area contributed by atoms with Gasteiger partial charge in [0.15, 0.2) is 11.5 Å². The molecule has 2 aromatic rings. The predicted molar refractivity (Wildman–Crippen MR) is 108 cm³/mol. The van der Waals surface area contributed by atoms with Crippen LogP contribution in [-0.4, -0.2) is 45.1 Å². The maximum atomic E-state index is 13.9. The molecule has 1 saturated heterocycles. The van der Waals surface area contributed by atoms with Crippen molar-refractivity contribution in [1.82, 2.24) is 20.1 Å². The molecular formula is C21H28F3N5O. The van der Waals surface area contributed by atoms with Gasteiger partial charge < -0.3 is 10.2 Å². The monoisotopic (exact) mass is 423 g/mol. The number of fused-ring (bicyclic) bond motifs is 1. The molecule has 1 amide bonds. The van der Waals surface area contributed by atoms with Crippen molar-refractivity contribution in [3.05, 3.63) is 17.3 Å². The lowest BCUT2D eigenvalue weighted by Crippen LogP contribution is -2.42. The Morgan fingerprint density at radius 2 is 1.97 bits per heavy atom. The molecule has 2 aliphatic rings. The molecule has 1 unspecified atom stereocenters. The second-order valence-electron chi connectivity index (χ2n) is 8.79. The largest absolute Gasteiger partial charge is 0.417 e. The number of alkyl halides is 3. The van der Waals surface area contributed by atoms with Crippen molar-refractivity contribution >= 4 is 22.8 Å². The number of nitrogens with one attached hydrogen (secondary N) is 2. The second kappa shape index (κ2) is 8.07. The molecule has 6 nitrogen and oxygen atoms in total. The topological polar surface area (TPSA) is 73.9 Å². The van der Waals surface area contributed by atoms with Crippen LogP contribution in [0, 0.1) is 5.92 Å². The Morgan fingerprint density at radius 1 is 1.23 bits per heavy atom. The fourth-order valence-corrected chi connectivity index (χ4v) is 4.71. The molecule has 0 bridgehead atoms. The quantitative estimate of drug-likeness (QED) is 0.748.